The molecule has 0 atom stereocenters. The van der Waals surface area contributed by atoms with Crippen molar-refractivity contribution in [3.63, 3.8) is 0 Å². The third kappa shape index (κ3) is 2.91. The number of halogens is 1. The highest BCUT2D eigenvalue weighted by Gasteiger charge is 2.06. The molecule has 0 aliphatic heterocycles. The lowest BCUT2D eigenvalue weighted by Crippen LogP contribution is -2.12. The van der Waals surface area contributed by atoms with Gasteiger partial charge in [0.2, 0.25) is 0 Å². The van der Waals surface area contributed by atoms with Crippen LogP contribution in [0.2, 0.25) is 0 Å². The van der Waals surface area contributed by atoms with Crippen LogP contribution >= 0.6 is 15.9 Å². The Morgan fingerprint density at radius 1 is 1.18 bits per heavy atom. The van der Waals surface area contributed by atoms with Crippen LogP contribution in [-0.2, 0) is 0 Å². The predicted octanol–water partition coefficient (Wildman–Crippen LogP) is 3.40. The van der Waals surface area contributed by atoms with E-state index < -0.39 is 0 Å². The number of carbonyl (C=O) groups excluding carboxylic acids is 1. The Morgan fingerprint density at radius 3 is 2.53 bits per heavy atom. The molecule has 3 nitrogen and oxygen atoms in total. The maximum Gasteiger partial charge on any atom is 0.256 e. The number of nitrogens with zero attached hydrogens (tertiary/aromatic N) is 1. The first-order chi connectivity index (χ1) is 8.16. The largest absolute Gasteiger partial charge is 0.307 e. The molecular formula is C13H11BrN2O. The lowest BCUT2D eigenvalue weighted by atomic mass is 10.2. The lowest BCUT2D eigenvalue weighted by Gasteiger charge is -2.05. The highest BCUT2D eigenvalue weighted by Crippen LogP contribution is 2.16. The Morgan fingerprint density at radius 2 is 1.88 bits per heavy atom. The second-order valence-electron chi connectivity index (χ2n) is 3.58. The standard InChI is InChI=1S/C13H11BrN2O/c1-9-11(14)7-8-12(15-9)16-13(17)10-5-3-2-4-6-10/h2-8H,1H3,(H,15,16,17). The number of anilines is 1. The molecule has 0 spiro atoms. The van der Waals surface area contributed by atoms with Crippen molar-refractivity contribution in [3.8, 4) is 0 Å². The van der Waals surface area contributed by atoms with Crippen molar-refractivity contribution in [2.75, 3.05) is 5.32 Å². The number of hydrogen-bond donors (Lipinski definition) is 1. The minimum absolute atomic E-state index is 0.153. The lowest BCUT2D eigenvalue weighted by molar-refractivity contribution is 0.102. The van der Waals surface area contributed by atoms with Gasteiger partial charge in [-0.1, -0.05) is 18.2 Å². The van der Waals surface area contributed by atoms with Crippen LogP contribution in [0.3, 0.4) is 0 Å². The molecule has 0 aliphatic carbocycles. The maximum atomic E-state index is 11.8. The van der Waals surface area contributed by atoms with Crippen LogP contribution in [0.25, 0.3) is 0 Å². The van der Waals surface area contributed by atoms with Crippen molar-refractivity contribution >= 4 is 27.7 Å². The van der Waals surface area contributed by atoms with E-state index in [0.717, 1.165) is 10.2 Å². The van der Waals surface area contributed by atoms with Gasteiger partial charge in [-0.2, -0.15) is 0 Å². The summed E-state index contributed by atoms with van der Waals surface area (Å²) in [6.45, 7) is 1.88. The summed E-state index contributed by atoms with van der Waals surface area (Å²) in [5.74, 6) is 0.402. The molecule has 2 rings (SSSR count). The van der Waals surface area contributed by atoms with Crippen LogP contribution in [0, 0.1) is 6.92 Å². The number of amides is 1. The molecule has 0 saturated heterocycles. The van der Waals surface area contributed by atoms with E-state index in [4.69, 9.17) is 0 Å². The van der Waals surface area contributed by atoms with Gasteiger partial charge in [-0.05, 0) is 47.1 Å². The molecule has 17 heavy (non-hydrogen) atoms. The zero-order valence-corrected chi connectivity index (χ0v) is 10.9. The highest BCUT2D eigenvalue weighted by molar-refractivity contribution is 9.10. The van der Waals surface area contributed by atoms with E-state index in [9.17, 15) is 4.79 Å². The summed E-state index contributed by atoms with van der Waals surface area (Å²) in [6, 6.07) is 12.7. The third-order valence-corrected chi connectivity index (χ3v) is 3.14. The maximum absolute atomic E-state index is 11.8. The summed E-state index contributed by atoms with van der Waals surface area (Å²) in [7, 11) is 0. The fourth-order valence-corrected chi connectivity index (χ4v) is 1.61. The number of rotatable bonds is 2. The van der Waals surface area contributed by atoms with Gasteiger partial charge in [0.1, 0.15) is 5.82 Å². The van der Waals surface area contributed by atoms with E-state index in [0.29, 0.717) is 11.4 Å². The van der Waals surface area contributed by atoms with Crippen molar-refractivity contribution < 1.29 is 4.79 Å². The average Bonchev–Trinajstić information content (AvgIpc) is 2.35. The third-order valence-electron chi connectivity index (χ3n) is 2.30. The molecule has 4 heteroatoms. The average molecular weight is 291 g/mol. The SMILES string of the molecule is Cc1nc(NC(=O)c2ccccc2)ccc1Br. The van der Waals surface area contributed by atoms with E-state index in [2.05, 4.69) is 26.2 Å². The first-order valence-electron chi connectivity index (χ1n) is 5.16. The van der Waals surface area contributed by atoms with Gasteiger partial charge in [-0.3, -0.25) is 4.79 Å². The highest BCUT2D eigenvalue weighted by atomic mass is 79.9. The molecule has 1 aromatic carbocycles. The minimum atomic E-state index is -0.153. The molecule has 1 aromatic heterocycles. The number of nitrogens with one attached hydrogen (secondary N) is 1. The zero-order chi connectivity index (χ0) is 12.3. The monoisotopic (exact) mass is 290 g/mol. The summed E-state index contributed by atoms with van der Waals surface area (Å²) >= 11 is 3.37. The quantitative estimate of drug-likeness (QED) is 0.921. The topological polar surface area (TPSA) is 42.0 Å². The van der Waals surface area contributed by atoms with Crippen molar-refractivity contribution in [2.24, 2.45) is 0 Å². The second-order valence-corrected chi connectivity index (χ2v) is 4.44. The molecule has 2 aromatic rings. The summed E-state index contributed by atoms with van der Waals surface area (Å²) in [5.41, 5.74) is 1.46. The van der Waals surface area contributed by atoms with Crippen molar-refractivity contribution in [3.05, 3.63) is 58.2 Å². The van der Waals surface area contributed by atoms with E-state index in [1.807, 2.05) is 31.2 Å². The number of aromatic nitrogens is 1. The van der Waals surface area contributed by atoms with E-state index >= 15 is 0 Å². The fourth-order valence-electron chi connectivity index (χ4n) is 1.39. The van der Waals surface area contributed by atoms with Crippen LogP contribution in [0.4, 0.5) is 5.82 Å². The number of pyridine rings is 1. The minimum Gasteiger partial charge on any atom is -0.307 e. The second kappa shape index (κ2) is 5.10. The first kappa shape index (κ1) is 11.8. The van der Waals surface area contributed by atoms with E-state index in [-0.39, 0.29) is 5.91 Å². The molecule has 0 unspecified atom stereocenters. The Bertz CT molecular complexity index is 540. The number of hydrogen-bond acceptors (Lipinski definition) is 2. The van der Waals surface area contributed by atoms with Crippen LogP contribution < -0.4 is 5.32 Å². The van der Waals surface area contributed by atoms with Crippen molar-refractivity contribution in [2.45, 2.75) is 6.92 Å². The molecule has 0 fully saturated rings. The molecule has 0 saturated carbocycles. The molecule has 0 aliphatic rings. The Kier molecular flexibility index (Phi) is 3.54. The van der Waals surface area contributed by atoms with Crippen LogP contribution in [0.1, 0.15) is 16.1 Å². The Labute approximate surface area is 108 Å². The Hall–Kier alpha value is -1.68. The smallest absolute Gasteiger partial charge is 0.256 e. The number of benzene rings is 1. The molecule has 86 valence electrons. The van der Waals surface area contributed by atoms with Gasteiger partial charge >= 0.3 is 0 Å². The predicted molar refractivity (Wildman–Crippen MR) is 71.1 cm³/mol. The van der Waals surface area contributed by atoms with Crippen molar-refractivity contribution in [1.29, 1.82) is 0 Å². The van der Waals surface area contributed by atoms with Gasteiger partial charge in [0.25, 0.3) is 5.91 Å². The molecule has 1 N–H and O–H groups in total. The molecular weight excluding hydrogens is 280 g/mol. The molecule has 0 bridgehead atoms. The van der Waals surface area contributed by atoms with Gasteiger partial charge in [-0.15, -0.1) is 0 Å². The molecule has 1 heterocycles. The van der Waals surface area contributed by atoms with Gasteiger partial charge in [0, 0.05) is 10.0 Å². The van der Waals surface area contributed by atoms with Crippen LogP contribution in [0.5, 0.6) is 0 Å². The summed E-state index contributed by atoms with van der Waals surface area (Å²) < 4.78 is 0.926. The van der Waals surface area contributed by atoms with Crippen LogP contribution in [-0.4, -0.2) is 10.9 Å². The zero-order valence-electron chi connectivity index (χ0n) is 9.27. The van der Waals surface area contributed by atoms with E-state index in [1.165, 1.54) is 0 Å². The summed E-state index contributed by atoms with van der Waals surface area (Å²) in [5, 5.41) is 2.76. The van der Waals surface area contributed by atoms with Gasteiger partial charge in [0.05, 0.1) is 5.69 Å². The van der Waals surface area contributed by atoms with Crippen LogP contribution in [0.15, 0.2) is 46.9 Å². The molecule has 0 radical (unpaired) electrons. The number of carbonyl (C=O) groups is 1. The van der Waals surface area contributed by atoms with Gasteiger partial charge in [0.15, 0.2) is 0 Å². The fraction of sp³-hybridized carbons (Fsp3) is 0.0769. The summed E-state index contributed by atoms with van der Waals surface area (Å²) in [4.78, 5) is 16.1. The normalized spacial score (nSPS) is 10.0. The Balaban J connectivity index is 2.16. The molecule has 1 amide bonds. The number of aryl methyl sites for hydroxylation is 1. The van der Waals surface area contributed by atoms with E-state index in [1.54, 1.807) is 18.2 Å². The van der Waals surface area contributed by atoms with Crippen molar-refractivity contribution in [1.82, 2.24) is 4.98 Å². The van der Waals surface area contributed by atoms with Gasteiger partial charge < -0.3 is 5.32 Å². The summed E-state index contributed by atoms with van der Waals surface area (Å²) in [6.07, 6.45) is 0. The first-order valence-corrected chi connectivity index (χ1v) is 5.95. The van der Waals surface area contributed by atoms with Gasteiger partial charge in [-0.25, -0.2) is 4.98 Å².